The molecule has 1 aliphatic rings. The summed E-state index contributed by atoms with van der Waals surface area (Å²) in [7, 11) is 1.57. The molecule has 0 aromatic heterocycles. The lowest BCUT2D eigenvalue weighted by Crippen LogP contribution is -2.34. The fourth-order valence-corrected chi connectivity index (χ4v) is 3.16. The molecule has 23 heavy (non-hydrogen) atoms. The maximum absolute atomic E-state index is 12.3. The van der Waals surface area contributed by atoms with E-state index >= 15 is 0 Å². The third kappa shape index (κ3) is 3.88. The molecule has 1 aliphatic heterocycles. The van der Waals surface area contributed by atoms with Gasteiger partial charge in [-0.2, -0.15) is 0 Å². The maximum atomic E-state index is 12.3. The monoisotopic (exact) mass is 335 g/mol. The smallest absolute Gasteiger partial charge is 0.293 e. The van der Waals surface area contributed by atoms with Gasteiger partial charge in [0.05, 0.1) is 18.1 Å². The van der Waals surface area contributed by atoms with Crippen molar-refractivity contribution in [2.45, 2.75) is 39.8 Å². The fourth-order valence-electron chi connectivity index (χ4n) is 2.20. The number of carbonyl (C=O) groups is 2. The molecular weight excluding hydrogens is 314 g/mol. The molecule has 1 saturated heterocycles. The van der Waals surface area contributed by atoms with Gasteiger partial charge < -0.3 is 9.47 Å². The number of amides is 2. The summed E-state index contributed by atoms with van der Waals surface area (Å²) in [5.41, 5.74) is 0.784. The van der Waals surface area contributed by atoms with Crippen molar-refractivity contribution in [2.75, 3.05) is 7.11 Å². The first-order valence-electron chi connectivity index (χ1n) is 7.45. The Kier molecular flexibility index (Phi) is 5.36. The van der Waals surface area contributed by atoms with Gasteiger partial charge in [0.1, 0.15) is 0 Å². The van der Waals surface area contributed by atoms with Crippen LogP contribution >= 0.6 is 11.8 Å². The molecule has 0 N–H and O–H groups in total. The van der Waals surface area contributed by atoms with E-state index in [4.69, 9.17) is 9.47 Å². The molecule has 1 heterocycles. The van der Waals surface area contributed by atoms with E-state index in [0.29, 0.717) is 16.4 Å². The van der Waals surface area contributed by atoms with Crippen molar-refractivity contribution in [1.82, 2.24) is 4.90 Å². The molecule has 0 atom stereocenters. The molecule has 0 aliphatic carbocycles. The number of methoxy groups -OCH3 is 1. The van der Waals surface area contributed by atoms with Crippen LogP contribution in [0.5, 0.6) is 11.5 Å². The van der Waals surface area contributed by atoms with Crippen LogP contribution in [0, 0.1) is 0 Å². The second kappa shape index (κ2) is 7.08. The van der Waals surface area contributed by atoms with Crippen molar-refractivity contribution in [3.63, 3.8) is 0 Å². The van der Waals surface area contributed by atoms with Crippen LogP contribution in [0.1, 0.15) is 33.3 Å². The third-order valence-corrected chi connectivity index (χ3v) is 4.07. The van der Waals surface area contributed by atoms with Crippen LogP contribution in [0.15, 0.2) is 23.1 Å². The number of benzene rings is 1. The van der Waals surface area contributed by atoms with Crippen molar-refractivity contribution in [2.24, 2.45) is 0 Å². The number of hydrogen-bond donors (Lipinski definition) is 0. The molecule has 2 rings (SSSR count). The highest BCUT2D eigenvalue weighted by atomic mass is 32.2. The summed E-state index contributed by atoms with van der Waals surface area (Å²) in [5, 5.41) is -0.233. The summed E-state index contributed by atoms with van der Waals surface area (Å²) >= 11 is 0.960. The quantitative estimate of drug-likeness (QED) is 0.763. The number of thioether (sulfide) groups is 1. The van der Waals surface area contributed by atoms with Gasteiger partial charge in [0, 0.05) is 6.04 Å². The normalized spacial score (nSPS) is 16.8. The minimum Gasteiger partial charge on any atom is -0.493 e. The summed E-state index contributed by atoms with van der Waals surface area (Å²) < 4.78 is 11.0. The molecule has 6 heteroatoms. The topological polar surface area (TPSA) is 55.8 Å². The summed E-state index contributed by atoms with van der Waals surface area (Å²) in [6, 6.07) is 5.28. The van der Waals surface area contributed by atoms with Gasteiger partial charge in [-0.25, -0.2) is 0 Å². The van der Waals surface area contributed by atoms with Gasteiger partial charge in [0.25, 0.3) is 11.1 Å². The van der Waals surface area contributed by atoms with Gasteiger partial charge in [-0.1, -0.05) is 6.07 Å². The predicted molar refractivity (Wildman–Crippen MR) is 91.7 cm³/mol. The number of imide groups is 1. The van der Waals surface area contributed by atoms with E-state index in [1.54, 1.807) is 25.3 Å². The SMILES string of the molecule is COc1cc(/C=C2/SC(=O)N(C(C)C)C2=O)ccc1OC(C)C. The fraction of sp³-hybridized carbons (Fsp3) is 0.412. The number of ether oxygens (including phenoxy) is 2. The summed E-state index contributed by atoms with van der Waals surface area (Å²) in [4.78, 5) is 25.9. The van der Waals surface area contributed by atoms with Crippen molar-refractivity contribution in [1.29, 1.82) is 0 Å². The van der Waals surface area contributed by atoms with Crippen molar-refractivity contribution in [3.8, 4) is 11.5 Å². The van der Waals surface area contributed by atoms with E-state index < -0.39 is 0 Å². The molecule has 5 nitrogen and oxygen atoms in total. The van der Waals surface area contributed by atoms with Gasteiger partial charge >= 0.3 is 0 Å². The van der Waals surface area contributed by atoms with Crippen LogP contribution in [0.25, 0.3) is 6.08 Å². The molecule has 0 spiro atoms. The highest BCUT2D eigenvalue weighted by Crippen LogP contribution is 2.35. The minimum atomic E-state index is -0.253. The average Bonchev–Trinajstić information content (AvgIpc) is 2.74. The van der Waals surface area contributed by atoms with Gasteiger partial charge in [0.2, 0.25) is 0 Å². The van der Waals surface area contributed by atoms with Crippen molar-refractivity contribution >= 4 is 29.0 Å². The van der Waals surface area contributed by atoms with Crippen LogP contribution in [-0.4, -0.2) is 35.3 Å². The molecule has 1 fully saturated rings. The number of hydrogen-bond acceptors (Lipinski definition) is 5. The zero-order valence-electron chi connectivity index (χ0n) is 14.0. The highest BCUT2D eigenvalue weighted by Gasteiger charge is 2.36. The van der Waals surface area contributed by atoms with Crippen LogP contribution < -0.4 is 9.47 Å². The van der Waals surface area contributed by atoms with E-state index in [1.807, 2.05) is 33.8 Å². The van der Waals surface area contributed by atoms with Crippen LogP contribution in [0.2, 0.25) is 0 Å². The van der Waals surface area contributed by atoms with Crippen molar-refractivity contribution in [3.05, 3.63) is 28.7 Å². The molecule has 1 aromatic carbocycles. The summed E-state index contributed by atoms with van der Waals surface area (Å²) in [6.07, 6.45) is 1.74. The Morgan fingerprint density at radius 1 is 1.13 bits per heavy atom. The van der Waals surface area contributed by atoms with E-state index in [-0.39, 0.29) is 23.3 Å². The van der Waals surface area contributed by atoms with E-state index in [9.17, 15) is 9.59 Å². The van der Waals surface area contributed by atoms with Crippen LogP contribution in [-0.2, 0) is 4.79 Å². The summed E-state index contributed by atoms with van der Waals surface area (Å²) in [5.74, 6) is 0.988. The van der Waals surface area contributed by atoms with Crippen molar-refractivity contribution < 1.29 is 19.1 Å². The van der Waals surface area contributed by atoms with Gasteiger partial charge in [-0.3, -0.25) is 14.5 Å². The largest absolute Gasteiger partial charge is 0.493 e. The standard InChI is InChI=1S/C17H21NO4S/c1-10(2)18-16(19)15(23-17(18)20)9-12-6-7-13(22-11(3)4)14(8-12)21-5/h6-11H,1-5H3/b15-9+. The lowest BCUT2D eigenvalue weighted by atomic mass is 10.1. The molecule has 0 saturated carbocycles. The van der Waals surface area contributed by atoms with Crippen LogP contribution in [0.3, 0.4) is 0 Å². The number of nitrogens with zero attached hydrogens (tertiary/aromatic N) is 1. The molecule has 0 unspecified atom stereocenters. The Hall–Kier alpha value is -1.95. The maximum Gasteiger partial charge on any atom is 0.293 e. The molecule has 0 radical (unpaired) electrons. The zero-order chi connectivity index (χ0) is 17.1. The molecule has 1 aromatic rings. The first-order valence-corrected chi connectivity index (χ1v) is 8.27. The Morgan fingerprint density at radius 2 is 1.83 bits per heavy atom. The lowest BCUT2D eigenvalue weighted by Gasteiger charge is -2.16. The second-order valence-corrected chi connectivity index (χ2v) is 6.72. The number of carbonyl (C=O) groups excluding carboxylic acids is 2. The predicted octanol–water partition coefficient (Wildman–Crippen LogP) is 3.93. The van der Waals surface area contributed by atoms with Gasteiger partial charge in [-0.05, 0) is 63.2 Å². The zero-order valence-corrected chi connectivity index (χ0v) is 14.8. The van der Waals surface area contributed by atoms with Crippen LogP contribution in [0.4, 0.5) is 4.79 Å². The average molecular weight is 335 g/mol. The second-order valence-electron chi connectivity index (χ2n) is 5.72. The Bertz CT molecular complexity index is 652. The number of rotatable bonds is 5. The van der Waals surface area contributed by atoms with Gasteiger partial charge in [0.15, 0.2) is 11.5 Å². The van der Waals surface area contributed by atoms with E-state index in [2.05, 4.69) is 0 Å². The molecule has 2 amide bonds. The van der Waals surface area contributed by atoms with Gasteiger partial charge in [-0.15, -0.1) is 0 Å². The Labute approximate surface area is 140 Å². The third-order valence-electron chi connectivity index (χ3n) is 3.19. The Balaban J connectivity index is 2.30. The first-order chi connectivity index (χ1) is 10.8. The molecule has 124 valence electrons. The summed E-state index contributed by atoms with van der Waals surface area (Å²) in [6.45, 7) is 7.52. The van der Waals surface area contributed by atoms with E-state index in [0.717, 1.165) is 17.3 Å². The lowest BCUT2D eigenvalue weighted by molar-refractivity contribution is -0.123. The minimum absolute atomic E-state index is 0.0392. The molecule has 0 bridgehead atoms. The molecular formula is C17H21NO4S. The highest BCUT2D eigenvalue weighted by molar-refractivity contribution is 8.18. The first kappa shape index (κ1) is 17.4. The van der Waals surface area contributed by atoms with E-state index in [1.165, 1.54) is 4.90 Å². The Morgan fingerprint density at radius 3 is 2.35 bits per heavy atom.